The second-order valence-electron chi connectivity index (χ2n) is 6.59. The van der Waals surface area contributed by atoms with Crippen LogP contribution in [0.25, 0.3) is 11.3 Å². The van der Waals surface area contributed by atoms with Crippen molar-refractivity contribution in [2.75, 3.05) is 10.6 Å². The standard InChI is InChI=1S/C22H18ClN5OS/c1-13-7-6-10-16(23)20(13)28-21(29)18-12-24-22(30-18)27-19-11-17(25-14(2)26-19)15-8-4-3-5-9-15/h3-12H,1-2H3,(H,28,29)(H,24,25,26,27). The van der Waals surface area contributed by atoms with Gasteiger partial charge in [-0.2, -0.15) is 0 Å². The van der Waals surface area contributed by atoms with E-state index in [1.54, 1.807) is 6.07 Å². The van der Waals surface area contributed by atoms with E-state index in [2.05, 4.69) is 25.6 Å². The number of thiazole rings is 1. The van der Waals surface area contributed by atoms with Gasteiger partial charge in [0, 0.05) is 11.6 Å². The zero-order valence-corrected chi connectivity index (χ0v) is 17.9. The Balaban J connectivity index is 1.52. The summed E-state index contributed by atoms with van der Waals surface area (Å²) in [4.78, 5) is 26.3. The first-order valence-electron chi connectivity index (χ1n) is 9.20. The predicted molar refractivity (Wildman–Crippen MR) is 122 cm³/mol. The molecule has 0 fully saturated rings. The van der Waals surface area contributed by atoms with Crippen molar-refractivity contribution in [2.45, 2.75) is 13.8 Å². The van der Waals surface area contributed by atoms with E-state index in [4.69, 9.17) is 11.6 Å². The van der Waals surface area contributed by atoms with Crippen LogP contribution in [0.4, 0.5) is 16.6 Å². The van der Waals surface area contributed by atoms with E-state index < -0.39 is 0 Å². The molecule has 2 aromatic carbocycles. The number of benzene rings is 2. The molecule has 150 valence electrons. The van der Waals surface area contributed by atoms with Gasteiger partial charge < -0.3 is 10.6 Å². The molecule has 30 heavy (non-hydrogen) atoms. The van der Waals surface area contributed by atoms with Gasteiger partial charge in [0.25, 0.3) is 5.91 Å². The molecule has 0 unspecified atom stereocenters. The number of para-hydroxylation sites is 1. The number of nitrogens with one attached hydrogen (secondary N) is 2. The van der Waals surface area contributed by atoms with Gasteiger partial charge in [0.05, 0.1) is 22.6 Å². The Labute approximate surface area is 183 Å². The Bertz CT molecular complexity index is 1190. The lowest BCUT2D eigenvalue weighted by Gasteiger charge is -2.09. The molecule has 0 aliphatic heterocycles. The molecule has 0 radical (unpaired) electrons. The van der Waals surface area contributed by atoms with E-state index in [-0.39, 0.29) is 5.91 Å². The first kappa shape index (κ1) is 20.0. The summed E-state index contributed by atoms with van der Waals surface area (Å²) in [6.45, 7) is 3.73. The second-order valence-corrected chi connectivity index (χ2v) is 8.03. The number of carbonyl (C=O) groups excluding carboxylic acids is 1. The van der Waals surface area contributed by atoms with E-state index in [1.807, 2.05) is 62.4 Å². The van der Waals surface area contributed by atoms with Gasteiger partial charge in [0.15, 0.2) is 5.13 Å². The van der Waals surface area contributed by atoms with Crippen molar-refractivity contribution < 1.29 is 4.79 Å². The maximum atomic E-state index is 12.6. The van der Waals surface area contributed by atoms with E-state index in [0.29, 0.717) is 32.4 Å². The van der Waals surface area contributed by atoms with Crippen molar-refractivity contribution in [3.8, 4) is 11.3 Å². The first-order valence-corrected chi connectivity index (χ1v) is 10.4. The minimum Gasteiger partial charge on any atom is -0.320 e. The predicted octanol–water partition coefficient (Wildman–Crippen LogP) is 5.87. The van der Waals surface area contributed by atoms with Crippen LogP contribution >= 0.6 is 22.9 Å². The van der Waals surface area contributed by atoms with Crippen molar-refractivity contribution in [3.05, 3.63) is 82.1 Å². The molecular weight excluding hydrogens is 418 g/mol. The largest absolute Gasteiger partial charge is 0.320 e. The molecule has 2 heterocycles. The summed E-state index contributed by atoms with van der Waals surface area (Å²) in [5.41, 5.74) is 3.31. The zero-order chi connectivity index (χ0) is 21.1. The van der Waals surface area contributed by atoms with Crippen molar-refractivity contribution in [2.24, 2.45) is 0 Å². The van der Waals surface area contributed by atoms with Crippen molar-refractivity contribution in [1.82, 2.24) is 15.0 Å². The maximum Gasteiger partial charge on any atom is 0.267 e. The minimum absolute atomic E-state index is 0.263. The molecule has 4 aromatic rings. The average molecular weight is 436 g/mol. The molecule has 0 atom stereocenters. The number of carbonyl (C=O) groups is 1. The molecule has 2 N–H and O–H groups in total. The van der Waals surface area contributed by atoms with Gasteiger partial charge in [-0.3, -0.25) is 4.79 Å². The quantitative estimate of drug-likeness (QED) is 0.410. The third-order valence-corrected chi connectivity index (χ3v) is 5.56. The van der Waals surface area contributed by atoms with Gasteiger partial charge in [0.2, 0.25) is 0 Å². The number of aryl methyl sites for hydroxylation is 2. The highest BCUT2D eigenvalue weighted by Crippen LogP contribution is 2.28. The van der Waals surface area contributed by atoms with Crippen molar-refractivity contribution >= 4 is 45.5 Å². The fourth-order valence-corrected chi connectivity index (χ4v) is 3.89. The van der Waals surface area contributed by atoms with Crippen LogP contribution in [0.5, 0.6) is 0 Å². The highest BCUT2D eigenvalue weighted by molar-refractivity contribution is 7.17. The van der Waals surface area contributed by atoms with Crippen LogP contribution in [0.2, 0.25) is 5.02 Å². The molecule has 0 aliphatic rings. The van der Waals surface area contributed by atoms with E-state index >= 15 is 0 Å². The molecule has 4 rings (SSSR count). The molecule has 0 saturated carbocycles. The van der Waals surface area contributed by atoms with Crippen LogP contribution < -0.4 is 10.6 Å². The molecule has 0 bridgehead atoms. The minimum atomic E-state index is -0.263. The van der Waals surface area contributed by atoms with Gasteiger partial charge in [-0.25, -0.2) is 15.0 Å². The number of anilines is 3. The molecule has 0 spiro atoms. The lowest BCUT2D eigenvalue weighted by atomic mass is 10.1. The summed E-state index contributed by atoms with van der Waals surface area (Å²) in [6, 6.07) is 17.2. The van der Waals surface area contributed by atoms with E-state index in [9.17, 15) is 4.79 Å². The Morgan fingerprint density at radius 3 is 2.60 bits per heavy atom. The van der Waals surface area contributed by atoms with Crippen LogP contribution in [0.1, 0.15) is 21.1 Å². The summed E-state index contributed by atoms with van der Waals surface area (Å²) in [6.07, 6.45) is 1.53. The van der Waals surface area contributed by atoms with Gasteiger partial charge in [-0.05, 0) is 25.5 Å². The third kappa shape index (κ3) is 4.48. The number of amides is 1. The summed E-state index contributed by atoms with van der Waals surface area (Å²) in [7, 11) is 0. The van der Waals surface area contributed by atoms with Gasteiger partial charge in [-0.15, -0.1) is 0 Å². The Hall–Kier alpha value is -3.29. The fraction of sp³-hybridized carbons (Fsp3) is 0.0909. The first-order chi connectivity index (χ1) is 14.5. The summed E-state index contributed by atoms with van der Waals surface area (Å²) >= 11 is 7.44. The van der Waals surface area contributed by atoms with Gasteiger partial charge >= 0.3 is 0 Å². The number of halogens is 1. The molecule has 2 aromatic heterocycles. The Morgan fingerprint density at radius 2 is 1.83 bits per heavy atom. The molecule has 0 aliphatic carbocycles. The van der Waals surface area contributed by atoms with Crippen molar-refractivity contribution in [3.63, 3.8) is 0 Å². The van der Waals surface area contributed by atoms with Crippen LogP contribution in [-0.2, 0) is 0 Å². The Morgan fingerprint density at radius 1 is 1.03 bits per heavy atom. The van der Waals surface area contributed by atoms with Crippen LogP contribution in [-0.4, -0.2) is 20.9 Å². The summed E-state index contributed by atoms with van der Waals surface area (Å²) in [5.74, 6) is 0.993. The highest BCUT2D eigenvalue weighted by Gasteiger charge is 2.14. The highest BCUT2D eigenvalue weighted by atomic mass is 35.5. The topological polar surface area (TPSA) is 79.8 Å². The van der Waals surface area contributed by atoms with Crippen LogP contribution in [0, 0.1) is 13.8 Å². The lowest BCUT2D eigenvalue weighted by Crippen LogP contribution is -2.11. The monoisotopic (exact) mass is 435 g/mol. The number of aromatic nitrogens is 3. The van der Waals surface area contributed by atoms with E-state index in [1.165, 1.54) is 17.5 Å². The molecule has 8 heteroatoms. The lowest BCUT2D eigenvalue weighted by molar-refractivity contribution is 0.103. The normalized spacial score (nSPS) is 10.6. The summed E-state index contributed by atoms with van der Waals surface area (Å²) in [5, 5.41) is 7.08. The molecule has 0 saturated heterocycles. The van der Waals surface area contributed by atoms with E-state index in [0.717, 1.165) is 16.8 Å². The molecule has 1 amide bonds. The number of rotatable bonds is 5. The van der Waals surface area contributed by atoms with Crippen LogP contribution in [0.15, 0.2) is 60.8 Å². The third-order valence-electron chi connectivity index (χ3n) is 4.33. The number of nitrogens with zero attached hydrogens (tertiary/aromatic N) is 3. The SMILES string of the molecule is Cc1nc(Nc2ncc(C(=O)Nc3c(C)cccc3Cl)s2)cc(-c2ccccc2)n1. The van der Waals surface area contributed by atoms with Crippen molar-refractivity contribution in [1.29, 1.82) is 0 Å². The maximum absolute atomic E-state index is 12.6. The number of hydrogen-bond acceptors (Lipinski definition) is 6. The zero-order valence-electron chi connectivity index (χ0n) is 16.3. The smallest absolute Gasteiger partial charge is 0.267 e. The number of hydrogen-bond donors (Lipinski definition) is 2. The molecular formula is C22H18ClN5OS. The molecule has 6 nitrogen and oxygen atoms in total. The second kappa shape index (κ2) is 8.61. The van der Waals surface area contributed by atoms with Gasteiger partial charge in [-0.1, -0.05) is 65.4 Å². The fourth-order valence-electron chi connectivity index (χ4n) is 2.90. The average Bonchev–Trinajstić information content (AvgIpc) is 3.19. The van der Waals surface area contributed by atoms with Gasteiger partial charge in [0.1, 0.15) is 16.5 Å². The van der Waals surface area contributed by atoms with Crippen LogP contribution in [0.3, 0.4) is 0 Å². The Kier molecular flexibility index (Phi) is 5.74. The summed E-state index contributed by atoms with van der Waals surface area (Å²) < 4.78 is 0.